The van der Waals surface area contributed by atoms with Crippen molar-refractivity contribution in [2.75, 3.05) is 29.0 Å². The van der Waals surface area contributed by atoms with E-state index in [0.29, 0.717) is 36.6 Å². The van der Waals surface area contributed by atoms with Crippen molar-refractivity contribution in [1.82, 2.24) is 35.2 Å². The molecule has 0 unspecified atom stereocenters. The van der Waals surface area contributed by atoms with Crippen molar-refractivity contribution in [3.05, 3.63) is 140 Å². The summed E-state index contributed by atoms with van der Waals surface area (Å²) in [5.41, 5.74) is 13.5. The van der Waals surface area contributed by atoms with Crippen molar-refractivity contribution in [3.8, 4) is 17.2 Å². The normalized spacial score (nSPS) is 16.4. The number of para-hydroxylation sites is 3. The minimum Gasteiger partial charge on any atom is -0.444 e. The van der Waals surface area contributed by atoms with E-state index < -0.39 is 81.7 Å². The Bertz CT molecular complexity index is 3410. The molecule has 3 aromatic carbocycles. The first-order valence-electron chi connectivity index (χ1n) is 28.6. The number of rotatable bonds is 15. The zero-order chi connectivity index (χ0) is 72.7. The first kappa shape index (κ1) is 87.5. The number of ether oxygens (including phenoxy) is 4. The van der Waals surface area contributed by atoms with Crippen LogP contribution in [0.1, 0.15) is 120 Å². The largest absolute Gasteiger partial charge is 0.573 e. The SMILES string of the molecule is C.C.CC(C)(C)OC(=O)NC1CCC(CN)CC1.FC(F)(F)Oc1ccccc1CNc1ncc(C(F)(F)F)c(Cl)n1.FC(F)(F)c1cnc(Cl)nc1Cl.NC1CCC(CNc2nc(NCc3ccccc3OC(F)(F)F)ncc2C(F)(F)F)CC1.NCc1ccccc1OC(F)(F)F. The monoisotopic (exact) mass is 1500 g/mol. The van der Waals surface area contributed by atoms with Gasteiger partial charge >= 0.3 is 43.7 Å². The molecule has 3 heterocycles. The first-order chi connectivity index (χ1) is 44.9. The summed E-state index contributed by atoms with van der Waals surface area (Å²) in [5, 5.41) is 9.00. The van der Waals surface area contributed by atoms with Gasteiger partial charge < -0.3 is 57.4 Å². The lowest BCUT2D eigenvalue weighted by molar-refractivity contribution is -0.275. The standard InChI is InChI=1S/C20H23F6N5O.C13H8ClF6N3O.C12H24N2O2.C8H8F3NO.C5HCl2F3N2.2CH4/c21-19(22,23)15-11-30-18(31-17(15)28-9-12-5-7-14(27)8-6-12)29-10-13-3-1-2-4-16(13)32-20(24,25)26;14-10-8(12(15,16)17)6-22-11(23-10)21-5-7-3-1-2-4-9(7)24-13(18,19)20;1-12(2,3)16-11(15)14-10-6-4-9(8-13)5-7-10;9-8(10,11)13-7-4-2-1-3-6(7)5-12;6-3-2(5(8,9)10)1-11-4(7)12-3;;/h1-4,11-12,14H,5-10,27H2,(H2,28,29,30,31);1-4,6H,5H2,(H,21,22,23);9-10H,4-8,13H2,1-3H3,(H,14,15);1-4H,5,12H2;1H;2*1H4. The van der Waals surface area contributed by atoms with E-state index in [2.05, 4.69) is 65.4 Å². The highest BCUT2D eigenvalue weighted by Crippen LogP contribution is 2.38. The fourth-order valence-corrected chi connectivity index (χ4v) is 9.27. The van der Waals surface area contributed by atoms with Crippen molar-refractivity contribution in [1.29, 1.82) is 0 Å². The molecule has 99 heavy (non-hydrogen) atoms. The fraction of sp³-hybridized carbons (Fsp3) is 0.483. The number of nitrogens with zero attached hydrogens (tertiary/aromatic N) is 6. The molecule has 0 bridgehead atoms. The molecule has 0 atom stereocenters. The van der Waals surface area contributed by atoms with Gasteiger partial charge in [-0.2, -0.15) is 44.5 Å². The Labute approximate surface area is 572 Å². The number of nitrogens with one attached hydrogen (secondary N) is 4. The van der Waals surface area contributed by atoms with Crippen LogP contribution < -0.4 is 52.7 Å². The number of anilines is 3. The van der Waals surface area contributed by atoms with Crippen molar-refractivity contribution >= 4 is 58.6 Å². The number of benzene rings is 3. The summed E-state index contributed by atoms with van der Waals surface area (Å²) in [6, 6.07) is 16.8. The number of halogens is 21. The van der Waals surface area contributed by atoms with Gasteiger partial charge in [0.1, 0.15) is 55.7 Å². The maximum absolute atomic E-state index is 13.4. The summed E-state index contributed by atoms with van der Waals surface area (Å²) in [6.45, 7) is 6.30. The predicted molar refractivity (Wildman–Crippen MR) is 334 cm³/mol. The van der Waals surface area contributed by atoms with Crippen LogP contribution in [0.15, 0.2) is 91.4 Å². The summed E-state index contributed by atoms with van der Waals surface area (Å²) in [7, 11) is 0. The van der Waals surface area contributed by atoms with E-state index >= 15 is 0 Å². The van der Waals surface area contributed by atoms with Crippen LogP contribution in [-0.2, 0) is 42.9 Å². The van der Waals surface area contributed by atoms with E-state index in [4.69, 9.17) is 56.7 Å². The Hall–Kier alpha value is -7.54. The van der Waals surface area contributed by atoms with Crippen molar-refractivity contribution in [2.45, 2.75) is 162 Å². The third-order valence-corrected chi connectivity index (χ3v) is 14.0. The third kappa shape index (κ3) is 33.5. The number of amides is 1. The molecule has 2 aliphatic rings. The average Bonchev–Trinajstić information content (AvgIpc) is 0.833. The van der Waals surface area contributed by atoms with Gasteiger partial charge in [0.25, 0.3) is 0 Å². The quantitative estimate of drug-likeness (QED) is 0.0286. The third-order valence-electron chi connectivity index (χ3n) is 13.2. The second-order valence-corrected chi connectivity index (χ2v) is 22.9. The summed E-state index contributed by atoms with van der Waals surface area (Å²) in [4.78, 5) is 32.3. The van der Waals surface area contributed by atoms with Crippen LogP contribution in [0.2, 0.25) is 15.6 Å². The molecular weight excluding hydrogens is 1430 g/mol. The molecule has 10 N–H and O–H groups in total. The van der Waals surface area contributed by atoms with E-state index in [1.165, 1.54) is 54.6 Å². The second kappa shape index (κ2) is 38.9. The summed E-state index contributed by atoms with van der Waals surface area (Å²) < 4.78 is 240. The Morgan fingerprint density at radius 1 is 0.505 bits per heavy atom. The minimum absolute atomic E-state index is 0. The number of nitrogens with two attached hydrogens (primary N) is 3. The van der Waals surface area contributed by atoms with E-state index in [9.17, 15) is 83.8 Å². The smallest absolute Gasteiger partial charge is 0.444 e. The van der Waals surface area contributed by atoms with Crippen LogP contribution in [-0.4, -0.2) is 85.9 Å². The van der Waals surface area contributed by atoms with E-state index in [-0.39, 0.29) is 98.5 Å². The lowest BCUT2D eigenvalue weighted by Gasteiger charge is -2.29. The molecule has 554 valence electrons. The summed E-state index contributed by atoms with van der Waals surface area (Å²) >= 11 is 15.8. The van der Waals surface area contributed by atoms with E-state index in [0.717, 1.165) is 70.0 Å². The molecule has 1 amide bonds. The van der Waals surface area contributed by atoms with Crippen LogP contribution in [0.25, 0.3) is 0 Å². The number of alkyl carbamates (subject to hydrolysis) is 1. The maximum Gasteiger partial charge on any atom is 0.573 e. The van der Waals surface area contributed by atoms with E-state index in [1.54, 1.807) is 6.07 Å². The molecule has 0 saturated heterocycles. The van der Waals surface area contributed by atoms with Crippen molar-refractivity contribution < 1.29 is 103 Å². The Morgan fingerprint density at radius 3 is 1.28 bits per heavy atom. The van der Waals surface area contributed by atoms with Crippen LogP contribution in [0.3, 0.4) is 0 Å². The average molecular weight is 1500 g/mol. The molecule has 8 rings (SSSR count). The summed E-state index contributed by atoms with van der Waals surface area (Å²) in [5.74, 6) is -1.11. The second-order valence-electron chi connectivity index (χ2n) is 21.8. The van der Waals surface area contributed by atoms with Gasteiger partial charge in [0, 0.05) is 73.5 Å². The van der Waals surface area contributed by atoms with Crippen molar-refractivity contribution in [2.24, 2.45) is 29.0 Å². The number of hydrogen-bond donors (Lipinski definition) is 7. The number of alkyl halides is 18. The van der Waals surface area contributed by atoms with Gasteiger partial charge in [-0.1, -0.05) is 92.7 Å². The zero-order valence-electron chi connectivity index (χ0n) is 51.1. The van der Waals surface area contributed by atoms with Gasteiger partial charge in [0.2, 0.25) is 17.2 Å². The lowest BCUT2D eigenvalue weighted by atomic mass is 9.86. The molecule has 0 spiro atoms. The molecule has 2 saturated carbocycles. The molecule has 39 heteroatoms. The van der Waals surface area contributed by atoms with Crippen LogP contribution in [0.4, 0.5) is 102 Å². The minimum atomic E-state index is -4.87. The number of aromatic nitrogens is 6. The molecule has 18 nitrogen and oxygen atoms in total. The van der Waals surface area contributed by atoms with Gasteiger partial charge in [-0.3, -0.25) is 0 Å². The van der Waals surface area contributed by atoms with Crippen molar-refractivity contribution in [3.63, 3.8) is 0 Å². The Kier molecular flexibility index (Phi) is 34.4. The molecule has 2 aliphatic carbocycles. The maximum atomic E-state index is 13.4. The molecule has 6 aromatic rings. The molecule has 2 fully saturated rings. The van der Waals surface area contributed by atoms with E-state index in [1.807, 2.05) is 20.8 Å². The summed E-state index contributed by atoms with van der Waals surface area (Å²) in [6.07, 6.45) is -19.5. The van der Waals surface area contributed by atoms with Gasteiger partial charge in [0.05, 0.1) is 0 Å². The molecule has 3 aromatic heterocycles. The zero-order valence-corrected chi connectivity index (χ0v) is 53.3. The van der Waals surface area contributed by atoms with Gasteiger partial charge in [-0.25, -0.2) is 29.7 Å². The Morgan fingerprint density at radius 2 is 0.889 bits per heavy atom. The molecule has 0 aliphatic heterocycles. The predicted octanol–water partition coefficient (Wildman–Crippen LogP) is 17.7. The highest BCUT2D eigenvalue weighted by Gasteiger charge is 2.39. The topological polar surface area (TPSA) is 258 Å². The molecular formula is C60H72Cl3F18N13O5. The number of hydrogen-bond acceptors (Lipinski definition) is 17. The highest BCUT2D eigenvalue weighted by molar-refractivity contribution is 6.32. The van der Waals surface area contributed by atoms with Gasteiger partial charge in [0.15, 0.2) is 0 Å². The first-order valence-corrected chi connectivity index (χ1v) is 29.7. The number of carbonyl (C=O) groups is 1. The van der Waals surface area contributed by atoms with Crippen LogP contribution >= 0.6 is 34.8 Å². The fourth-order valence-electron chi connectivity index (χ4n) is 8.62. The highest BCUT2D eigenvalue weighted by atomic mass is 35.5. The number of carbonyl (C=O) groups excluding carboxylic acids is 1. The Balaban J connectivity index is 0.000000441. The molecule has 0 radical (unpaired) electrons. The van der Waals surface area contributed by atoms with Crippen LogP contribution in [0.5, 0.6) is 17.2 Å². The lowest BCUT2D eigenvalue weighted by Crippen LogP contribution is -2.41. The van der Waals surface area contributed by atoms with Gasteiger partial charge in [-0.15, -0.1) is 39.5 Å². The van der Waals surface area contributed by atoms with Crippen LogP contribution in [0, 0.1) is 11.8 Å². The van der Waals surface area contributed by atoms with Gasteiger partial charge in [-0.05, 0) is 120 Å².